The molecule has 1 aromatic heterocycles. The number of rotatable bonds is 2. The van der Waals surface area contributed by atoms with Gasteiger partial charge in [0.15, 0.2) is 0 Å². The minimum atomic E-state index is 0.459. The minimum Gasteiger partial charge on any atom is -0.481 e. The molecule has 0 unspecified atom stereocenters. The average Bonchev–Trinajstić information content (AvgIpc) is 2.15. The Morgan fingerprint density at radius 1 is 1.69 bits per heavy atom. The number of nitriles is 1. The molecule has 0 spiro atoms. The number of allylic oxidation sites excluding steroid dienone is 1. The van der Waals surface area contributed by atoms with Crippen LogP contribution in [0.2, 0.25) is 0 Å². The van der Waals surface area contributed by atoms with Gasteiger partial charge in [-0.2, -0.15) is 5.26 Å². The summed E-state index contributed by atoms with van der Waals surface area (Å²) in [5, 5.41) is 8.33. The first-order chi connectivity index (χ1) is 6.27. The van der Waals surface area contributed by atoms with Crippen LogP contribution in [-0.4, -0.2) is 12.1 Å². The lowest BCUT2D eigenvalue weighted by Gasteiger charge is -2.02. The van der Waals surface area contributed by atoms with Gasteiger partial charge in [-0.15, -0.1) is 0 Å². The van der Waals surface area contributed by atoms with Gasteiger partial charge in [-0.1, -0.05) is 0 Å². The standard InChI is InChI=1S/C9H9N3O/c1-13-9-7(3-2-4-10)5-8(11)6-12-9/h2-3,5-6H,11H2,1H3. The molecule has 4 nitrogen and oxygen atoms in total. The molecule has 0 saturated carbocycles. The van der Waals surface area contributed by atoms with E-state index in [9.17, 15) is 0 Å². The van der Waals surface area contributed by atoms with Crippen molar-refractivity contribution in [2.24, 2.45) is 0 Å². The van der Waals surface area contributed by atoms with Crippen LogP contribution < -0.4 is 10.5 Å². The molecule has 0 amide bonds. The Bertz CT molecular complexity index is 366. The molecule has 0 atom stereocenters. The normalized spacial score (nSPS) is 9.85. The topological polar surface area (TPSA) is 71.9 Å². The molecule has 0 saturated heterocycles. The summed E-state index contributed by atoms with van der Waals surface area (Å²) in [5.74, 6) is 0.459. The molecule has 0 aliphatic heterocycles. The number of methoxy groups -OCH3 is 1. The smallest absolute Gasteiger partial charge is 0.220 e. The Labute approximate surface area is 76.3 Å². The summed E-state index contributed by atoms with van der Waals surface area (Å²) >= 11 is 0. The lowest BCUT2D eigenvalue weighted by atomic mass is 10.2. The molecule has 4 heteroatoms. The summed E-state index contributed by atoms with van der Waals surface area (Å²) < 4.78 is 4.97. The Kier molecular flexibility index (Phi) is 2.87. The van der Waals surface area contributed by atoms with Gasteiger partial charge >= 0.3 is 0 Å². The fourth-order valence-corrected chi connectivity index (χ4v) is 0.903. The third kappa shape index (κ3) is 2.20. The van der Waals surface area contributed by atoms with E-state index in [-0.39, 0.29) is 0 Å². The van der Waals surface area contributed by atoms with Gasteiger partial charge in [0, 0.05) is 11.6 Å². The molecule has 1 aromatic rings. The zero-order chi connectivity index (χ0) is 9.68. The van der Waals surface area contributed by atoms with Crippen molar-refractivity contribution in [3.8, 4) is 11.9 Å². The number of anilines is 1. The third-order valence-corrected chi connectivity index (χ3v) is 1.43. The molecule has 0 radical (unpaired) electrons. The van der Waals surface area contributed by atoms with Crippen LogP contribution in [-0.2, 0) is 0 Å². The zero-order valence-electron chi connectivity index (χ0n) is 7.19. The first kappa shape index (κ1) is 9.07. The van der Waals surface area contributed by atoms with Gasteiger partial charge in [-0.05, 0) is 12.1 Å². The van der Waals surface area contributed by atoms with Crippen molar-refractivity contribution in [3.63, 3.8) is 0 Å². The lowest BCUT2D eigenvalue weighted by Crippen LogP contribution is -1.93. The summed E-state index contributed by atoms with van der Waals surface area (Å²) in [6, 6.07) is 3.58. The fourth-order valence-electron chi connectivity index (χ4n) is 0.903. The minimum absolute atomic E-state index is 0.459. The van der Waals surface area contributed by atoms with Crippen LogP contribution in [0.4, 0.5) is 5.69 Å². The molecule has 1 rings (SSSR count). The van der Waals surface area contributed by atoms with E-state index in [1.165, 1.54) is 19.4 Å². The highest BCUT2D eigenvalue weighted by atomic mass is 16.5. The van der Waals surface area contributed by atoms with Crippen LogP contribution in [0.3, 0.4) is 0 Å². The van der Waals surface area contributed by atoms with Gasteiger partial charge in [0.25, 0.3) is 0 Å². The maximum Gasteiger partial charge on any atom is 0.220 e. The molecular formula is C9H9N3O. The summed E-state index contributed by atoms with van der Waals surface area (Å²) in [6.45, 7) is 0. The monoisotopic (exact) mass is 175 g/mol. The zero-order valence-corrected chi connectivity index (χ0v) is 7.19. The number of hydrogen-bond donors (Lipinski definition) is 1. The number of pyridine rings is 1. The van der Waals surface area contributed by atoms with Gasteiger partial charge in [0.2, 0.25) is 5.88 Å². The van der Waals surface area contributed by atoms with Crippen molar-refractivity contribution < 1.29 is 4.74 Å². The highest BCUT2D eigenvalue weighted by Gasteiger charge is 2.00. The first-order valence-electron chi connectivity index (χ1n) is 3.63. The van der Waals surface area contributed by atoms with Crippen LogP contribution >= 0.6 is 0 Å². The van der Waals surface area contributed by atoms with Crippen molar-refractivity contribution in [2.75, 3.05) is 12.8 Å². The van der Waals surface area contributed by atoms with Crippen molar-refractivity contribution in [1.29, 1.82) is 5.26 Å². The van der Waals surface area contributed by atoms with Gasteiger partial charge in [0.05, 0.1) is 25.1 Å². The summed E-state index contributed by atoms with van der Waals surface area (Å²) in [4.78, 5) is 3.94. The molecule has 66 valence electrons. The van der Waals surface area contributed by atoms with E-state index in [1.54, 1.807) is 12.1 Å². The molecule has 0 aliphatic rings. The van der Waals surface area contributed by atoms with Crippen LogP contribution in [0.5, 0.6) is 5.88 Å². The quantitative estimate of drug-likeness (QED) is 0.685. The molecule has 0 aliphatic carbocycles. The number of nitrogens with two attached hydrogens (primary N) is 1. The van der Waals surface area contributed by atoms with E-state index >= 15 is 0 Å². The van der Waals surface area contributed by atoms with E-state index in [1.807, 2.05) is 6.07 Å². The lowest BCUT2D eigenvalue weighted by molar-refractivity contribution is 0.397. The Morgan fingerprint density at radius 3 is 3.08 bits per heavy atom. The second-order valence-electron chi connectivity index (χ2n) is 2.33. The van der Waals surface area contributed by atoms with Gasteiger partial charge in [-0.25, -0.2) is 4.98 Å². The predicted molar refractivity (Wildman–Crippen MR) is 49.8 cm³/mol. The average molecular weight is 175 g/mol. The van der Waals surface area contributed by atoms with E-state index < -0.39 is 0 Å². The number of hydrogen-bond acceptors (Lipinski definition) is 4. The van der Waals surface area contributed by atoms with Crippen molar-refractivity contribution >= 4 is 11.8 Å². The van der Waals surface area contributed by atoms with Gasteiger partial charge in [0.1, 0.15) is 0 Å². The fraction of sp³-hybridized carbons (Fsp3) is 0.111. The first-order valence-corrected chi connectivity index (χ1v) is 3.63. The number of nitrogens with zero attached hydrogens (tertiary/aromatic N) is 2. The van der Waals surface area contributed by atoms with E-state index in [0.29, 0.717) is 17.1 Å². The molecule has 1 heterocycles. The molecule has 0 aromatic carbocycles. The second-order valence-corrected chi connectivity index (χ2v) is 2.33. The van der Waals surface area contributed by atoms with E-state index in [0.717, 1.165) is 0 Å². The van der Waals surface area contributed by atoms with Gasteiger partial charge in [-0.3, -0.25) is 0 Å². The summed E-state index contributed by atoms with van der Waals surface area (Å²) in [5.41, 5.74) is 6.76. The Balaban J connectivity index is 3.10. The Morgan fingerprint density at radius 2 is 2.46 bits per heavy atom. The molecule has 13 heavy (non-hydrogen) atoms. The highest BCUT2D eigenvalue weighted by Crippen LogP contribution is 2.18. The van der Waals surface area contributed by atoms with Crippen molar-refractivity contribution in [1.82, 2.24) is 4.98 Å². The second kappa shape index (κ2) is 4.12. The van der Waals surface area contributed by atoms with Crippen molar-refractivity contribution in [3.05, 3.63) is 23.9 Å². The van der Waals surface area contributed by atoms with E-state index in [4.69, 9.17) is 15.7 Å². The predicted octanol–water partition coefficient (Wildman–Crippen LogP) is 1.21. The molecular weight excluding hydrogens is 166 g/mol. The SMILES string of the molecule is COc1ncc(N)cc1C=CC#N. The summed E-state index contributed by atoms with van der Waals surface area (Å²) in [7, 11) is 1.52. The maximum atomic E-state index is 8.33. The van der Waals surface area contributed by atoms with Crippen LogP contribution in [0, 0.1) is 11.3 Å². The van der Waals surface area contributed by atoms with Crippen LogP contribution in [0.25, 0.3) is 6.08 Å². The van der Waals surface area contributed by atoms with Crippen LogP contribution in [0.1, 0.15) is 5.56 Å². The molecule has 0 fully saturated rings. The summed E-state index contributed by atoms with van der Waals surface area (Å²) in [6.07, 6.45) is 4.45. The van der Waals surface area contributed by atoms with Gasteiger partial charge < -0.3 is 10.5 Å². The number of ether oxygens (including phenoxy) is 1. The van der Waals surface area contributed by atoms with Crippen LogP contribution in [0.15, 0.2) is 18.3 Å². The molecule has 2 N–H and O–H groups in total. The maximum absolute atomic E-state index is 8.33. The van der Waals surface area contributed by atoms with E-state index in [2.05, 4.69) is 4.98 Å². The number of nitrogen functional groups attached to an aromatic ring is 1. The highest BCUT2D eigenvalue weighted by molar-refractivity contribution is 5.60. The third-order valence-electron chi connectivity index (χ3n) is 1.43. The number of aromatic nitrogens is 1. The largest absolute Gasteiger partial charge is 0.481 e. The van der Waals surface area contributed by atoms with Crippen molar-refractivity contribution in [2.45, 2.75) is 0 Å². The molecule has 0 bridgehead atoms. The Hall–Kier alpha value is -2.02.